The lowest BCUT2D eigenvalue weighted by molar-refractivity contribution is 0.100. The Bertz CT molecular complexity index is 413. The zero-order valence-electron chi connectivity index (χ0n) is 10.7. The Balaban J connectivity index is 2.21. The number of carbonyl (C=O) groups is 1. The molecule has 2 rings (SSSR count). The molecule has 1 saturated heterocycles. The molecule has 1 amide bonds. The van der Waals surface area contributed by atoms with Crippen LogP contribution >= 0.6 is 0 Å². The van der Waals surface area contributed by atoms with Crippen molar-refractivity contribution < 1.29 is 4.79 Å². The molecule has 1 aliphatic heterocycles. The van der Waals surface area contributed by atoms with Gasteiger partial charge in [0.25, 0.3) is 5.91 Å². The van der Waals surface area contributed by atoms with Crippen LogP contribution in [0.25, 0.3) is 0 Å². The van der Waals surface area contributed by atoms with Crippen molar-refractivity contribution in [2.24, 2.45) is 5.73 Å². The number of nitrogens with two attached hydrogens (primary N) is 1. The van der Waals surface area contributed by atoms with Gasteiger partial charge in [0.15, 0.2) is 0 Å². The van der Waals surface area contributed by atoms with Crippen LogP contribution in [0.1, 0.15) is 29.6 Å². The third kappa shape index (κ3) is 2.79. The average molecular weight is 248 g/mol. The van der Waals surface area contributed by atoms with Crippen LogP contribution in [0.3, 0.4) is 0 Å². The smallest absolute Gasteiger partial charge is 0.252 e. The first-order valence-corrected chi connectivity index (χ1v) is 6.38. The number of rotatable bonds is 3. The molecule has 0 saturated carbocycles. The number of amides is 1. The van der Waals surface area contributed by atoms with Crippen LogP contribution < -0.4 is 16.0 Å². The molecule has 3 N–H and O–H groups in total. The highest BCUT2D eigenvalue weighted by atomic mass is 16.1. The molecule has 18 heavy (non-hydrogen) atoms. The van der Waals surface area contributed by atoms with Gasteiger partial charge in [-0.05, 0) is 44.5 Å². The highest BCUT2D eigenvalue weighted by Gasteiger charge is 2.21. The summed E-state index contributed by atoms with van der Waals surface area (Å²) in [5.74, 6) is 0.272. The summed E-state index contributed by atoms with van der Waals surface area (Å²) in [7, 11) is 1.99. The number of hydrogen-bond donors (Lipinski definition) is 2. The van der Waals surface area contributed by atoms with Crippen LogP contribution in [-0.2, 0) is 0 Å². The van der Waals surface area contributed by atoms with Crippen LogP contribution in [0.2, 0.25) is 0 Å². The summed E-state index contributed by atoms with van der Waals surface area (Å²) in [5, 5.41) is 3.38. The summed E-state index contributed by atoms with van der Waals surface area (Å²) in [6, 6.07) is 3.88. The lowest BCUT2D eigenvalue weighted by Crippen LogP contribution is -2.34. The Hall–Kier alpha value is -1.62. The Labute approximate surface area is 107 Å². The van der Waals surface area contributed by atoms with E-state index in [1.54, 1.807) is 18.3 Å². The standard InChI is InChI=1S/C13H20N4O/c1-17(10-4-2-7-15-9-6-10)13-11(12(14)18)5-3-8-16-13/h3,5,8,10,15H,2,4,6-7,9H2,1H3,(H2,14,18). The summed E-state index contributed by atoms with van der Waals surface area (Å²) in [6.45, 7) is 2.07. The van der Waals surface area contributed by atoms with Crippen molar-refractivity contribution in [3.05, 3.63) is 23.9 Å². The second-order valence-electron chi connectivity index (χ2n) is 4.68. The van der Waals surface area contributed by atoms with Crippen molar-refractivity contribution in [1.82, 2.24) is 10.3 Å². The van der Waals surface area contributed by atoms with Gasteiger partial charge in [0, 0.05) is 19.3 Å². The second kappa shape index (κ2) is 5.82. The molecule has 0 aromatic carbocycles. The van der Waals surface area contributed by atoms with Gasteiger partial charge in [0.05, 0.1) is 5.56 Å². The molecular formula is C13H20N4O. The number of primary amides is 1. The molecule has 5 nitrogen and oxygen atoms in total. The van der Waals surface area contributed by atoms with E-state index in [0.717, 1.165) is 32.4 Å². The Morgan fingerprint density at radius 1 is 1.50 bits per heavy atom. The molecule has 0 aliphatic carbocycles. The molecule has 0 bridgehead atoms. The number of pyridine rings is 1. The van der Waals surface area contributed by atoms with Gasteiger partial charge >= 0.3 is 0 Å². The number of aromatic nitrogens is 1. The van der Waals surface area contributed by atoms with Gasteiger partial charge in [-0.1, -0.05) is 0 Å². The number of nitrogens with zero attached hydrogens (tertiary/aromatic N) is 2. The Morgan fingerprint density at radius 3 is 3.11 bits per heavy atom. The Morgan fingerprint density at radius 2 is 2.33 bits per heavy atom. The minimum Gasteiger partial charge on any atom is -0.365 e. The maximum absolute atomic E-state index is 11.4. The normalized spacial score (nSPS) is 20.2. The number of nitrogens with one attached hydrogen (secondary N) is 1. The minimum atomic E-state index is -0.420. The van der Waals surface area contributed by atoms with Gasteiger partial charge in [-0.25, -0.2) is 4.98 Å². The average Bonchev–Trinajstić information content (AvgIpc) is 2.66. The highest BCUT2D eigenvalue weighted by Crippen LogP contribution is 2.21. The Kier molecular flexibility index (Phi) is 4.15. The first-order chi connectivity index (χ1) is 8.70. The van der Waals surface area contributed by atoms with Crippen LogP contribution in [0.4, 0.5) is 5.82 Å². The fourth-order valence-electron chi connectivity index (χ4n) is 2.43. The summed E-state index contributed by atoms with van der Waals surface area (Å²) in [4.78, 5) is 17.8. The number of anilines is 1. The zero-order valence-corrected chi connectivity index (χ0v) is 10.7. The molecular weight excluding hydrogens is 228 g/mol. The summed E-state index contributed by atoms with van der Waals surface area (Å²) < 4.78 is 0. The maximum Gasteiger partial charge on any atom is 0.252 e. The van der Waals surface area contributed by atoms with E-state index >= 15 is 0 Å². The first kappa shape index (κ1) is 12.8. The highest BCUT2D eigenvalue weighted by molar-refractivity contribution is 5.97. The van der Waals surface area contributed by atoms with Crippen LogP contribution in [0, 0.1) is 0 Å². The van der Waals surface area contributed by atoms with Gasteiger partial charge in [-0.15, -0.1) is 0 Å². The van der Waals surface area contributed by atoms with Crippen molar-refractivity contribution in [2.45, 2.75) is 25.3 Å². The third-order valence-electron chi connectivity index (χ3n) is 3.48. The first-order valence-electron chi connectivity index (χ1n) is 6.38. The predicted molar refractivity (Wildman–Crippen MR) is 71.7 cm³/mol. The van der Waals surface area contributed by atoms with Crippen molar-refractivity contribution in [3.8, 4) is 0 Å². The van der Waals surface area contributed by atoms with Crippen molar-refractivity contribution in [3.63, 3.8) is 0 Å². The predicted octanol–water partition coefficient (Wildman–Crippen LogP) is 0.759. The van der Waals surface area contributed by atoms with Crippen molar-refractivity contribution in [1.29, 1.82) is 0 Å². The van der Waals surface area contributed by atoms with Gasteiger partial charge in [0.2, 0.25) is 0 Å². The van der Waals surface area contributed by atoms with E-state index in [2.05, 4.69) is 15.2 Å². The topological polar surface area (TPSA) is 71.2 Å². The van der Waals surface area contributed by atoms with E-state index in [-0.39, 0.29) is 0 Å². The van der Waals surface area contributed by atoms with Gasteiger partial charge in [-0.2, -0.15) is 0 Å². The summed E-state index contributed by atoms with van der Waals surface area (Å²) >= 11 is 0. The zero-order chi connectivity index (χ0) is 13.0. The van der Waals surface area contributed by atoms with E-state index in [0.29, 0.717) is 17.4 Å². The van der Waals surface area contributed by atoms with Crippen molar-refractivity contribution >= 4 is 11.7 Å². The molecule has 0 spiro atoms. The fourth-order valence-corrected chi connectivity index (χ4v) is 2.43. The largest absolute Gasteiger partial charge is 0.365 e. The minimum absolute atomic E-state index is 0.410. The SMILES string of the molecule is CN(c1ncccc1C(N)=O)C1CCCNCC1. The van der Waals surface area contributed by atoms with Crippen molar-refractivity contribution in [2.75, 3.05) is 25.0 Å². The third-order valence-corrected chi connectivity index (χ3v) is 3.48. The summed E-state index contributed by atoms with van der Waals surface area (Å²) in [5.41, 5.74) is 5.89. The van der Waals surface area contributed by atoms with E-state index in [1.807, 2.05) is 7.05 Å². The van der Waals surface area contributed by atoms with Gasteiger partial charge in [-0.3, -0.25) is 4.79 Å². The fraction of sp³-hybridized carbons (Fsp3) is 0.538. The molecule has 5 heteroatoms. The summed E-state index contributed by atoms with van der Waals surface area (Å²) in [6.07, 6.45) is 5.02. The lowest BCUT2D eigenvalue weighted by atomic mass is 10.1. The van der Waals surface area contributed by atoms with Gasteiger partial charge in [0.1, 0.15) is 5.82 Å². The van der Waals surface area contributed by atoms with Gasteiger partial charge < -0.3 is 16.0 Å². The molecule has 1 aliphatic rings. The van der Waals surface area contributed by atoms with Crippen LogP contribution in [-0.4, -0.2) is 37.1 Å². The lowest BCUT2D eigenvalue weighted by Gasteiger charge is -2.29. The molecule has 1 unspecified atom stereocenters. The monoisotopic (exact) mass is 248 g/mol. The van der Waals surface area contributed by atoms with E-state index in [9.17, 15) is 4.79 Å². The molecule has 0 radical (unpaired) electrons. The number of carbonyl (C=O) groups excluding carboxylic acids is 1. The number of hydrogen-bond acceptors (Lipinski definition) is 4. The second-order valence-corrected chi connectivity index (χ2v) is 4.68. The molecule has 1 aromatic heterocycles. The quantitative estimate of drug-likeness (QED) is 0.828. The maximum atomic E-state index is 11.4. The molecule has 1 aromatic rings. The van der Waals surface area contributed by atoms with E-state index < -0.39 is 5.91 Å². The van der Waals surface area contributed by atoms with Crippen LogP contribution in [0.15, 0.2) is 18.3 Å². The van der Waals surface area contributed by atoms with E-state index in [1.165, 1.54) is 0 Å². The molecule has 2 heterocycles. The van der Waals surface area contributed by atoms with E-state index in [4.69, 9.17) is 5.73 Å². The molecule has 1 atom stereocenters. The molecule has 1 fully saturated rings. The molecule has 98 valence electrons. The van der Waals surface area contributed by atoms with Crippen LogP contribution in [0.5, 0.6) is 0 Å².